The molecule has 0 spiro atoms. The average molecular weight is 599 g/mol. The predicted molar refractivity (Wildman–Crippen MR) is 190 cm³/mol. The topological polar surface area (TPSA) is 60.7 Å². The van der Waals surface area contributed by atoms with Crippen LogP contribution in [0.25, 0.3) is 77.6 Å². The van der Waals surface area contributed by atoms with Crippen LogP contribution in [0.15, 0.2) is 162 Å². The van der Waals surface area contributed by atoms with Crippen LogP contribution in [0.1, 0.15) is 11.1 Å². The summed E-state index contributed by atoms with van der Waals surface area (Å²) in [7, 11) is 0. The maximum atomic E-state index is 10.5. The predicted octanol–water partition coefficient (Wildman–Crippen LogP) is 11.7. The minimum atomic E-state index is 0.631. The summed E-state index contributed by atoms with van der Waals surface area (Å²) < 4.78 is 6.45. The van der Waals surface area contributed by atoms with E-state index in [2.05, 4.69) is 97.1 Å². The molecule has 0 fully saturated rings. The van der Waals surface area contributed by atoms with E-state index in [0.29, 0.717) is 11.1 Å². The molecule has 0 saturated carbocycles. The lowest BCUT2D eigenvalue weighted by molar-refractivity contribution is 0.669. The lowest BCUT2D eigenvalue weighted by atomic mass is 9.87. The Kier molecular flexibility index (Phi) is 6.92. The number of fused-ring (bicyclic) bond motifs is 3. The lowest BCUT2D eigenvalue weighted by Gasteiger charge is -2.15. The normalized spacial score (nSPS) is 10.9. The van der Waals surface area contributed by atoms with Crippen molar-refractivity contribution >= 4 is 21.9 Å². The molecule has 0 radical (unpaired) electrons. The lowest BCUT2D eigenvalue weighted by Crippen LogP contribution is -1.93. The highest BCUT2D eigenvalue weighted by Gasteiger charge is 2.18. The van der Waals surface area contributed by atoms with Gasteiger partial charge in [0.2, 0.25) is 0 Å². The van der Waals surface area contributed by atoms with Gasteiger partial charge in [-0.15, -0.1) is 0 Å². The van der Waals surface area contributed by atoms with Gasteiger partial charge in [-0.25, -0.2) is 0 Å². The standard InChI is InChI=1S/C44H26N2O/c45-27-29-14-16-33(17-15-29)37-12-7-13-42-44(37)38-23-22-35(26-43(38)47-42)36-24-39(32-10-5-2-6-11-32)41(28-46)40(25-36)34-20-18-31(19-21-34)30-8-3-1-4-9-30/h1-26H. The zero-order valence-corrected chi connectivity index (χ0v) is 25.3. The van der Waals surface area contributed by atoms with E-state index < -0.39 is 0 Å². The van der Waals surface area contributed by atoms with E-state index in [-0.39, 0.29) is 0 Å². The van der Waals surface area contributed by atoms with Gasteiger partial charge < -0.3 is 4.42 Å². The fraction of sp³-hybridized carbons (Fsp3) is 0. The molecule has 3 nitrogen and oxygen atoms in total. The van der Waals surface area contributed by atoms with Gasteiger partial charge in [-0.2, -0.15) is 10.5 Å². The van der Waals surface area contributed by atoms with Gasteiger partial charge in [0.1, 0.15) is 17.2 Å². The maximum absolute atomic E-state index is 10.5. The molecule has 0 saturated heterocycles. The van der Waals surface area contributed by atoms with Crippen LogP contribution in [0.4, 0.5) is 0 Å². The Bertz CT molecular complexity index is 2500. The van der Waals surface area contributed by atoms with E-state index in [1.54, 1.807) is 0 Å². The Labute approximate surface area is 272 Å². The zero-order chi connectivity index (χ0) is 31.7. The summed E-state index contributed by atoms with van der Waals surface area (Å²) in [5.41, 5.74) is 13.0. The fourth-order valence-electron chi connectivity index (χ4n) is 6.45. The van der Waals surface area contributed by atoms with Crippen LogP contribution < -0.4 is 0 Å². The number of nitriles is 2. The summed E-state index contributed by atoms with van der Waals surface area (Å²) in [6.45, 7) is 0. The highest BCUT2D eigenvalue weighted by molar-refractivity contribution is 6.13. The number of furan rings is 1. The molecule has 0 amide bonds. The van der Waals surface area contributed by atoms with Gasteiger partial charge in [0.25, 0.3) is 0 Å². The van der Waals surface area contributed by atoms with Crippen molar-refractivity contribution in [3.05, 3.63) is 169 Å². The number of benzene rings is 7. The van der Waals surface area contributed by atoms with E-state index in [1.165, 1.54) is 0 Å². The smallest absolute Gasteiger partial charge is 0.136 e. The quantitative estimate of drug-likeness (QED) is 0.198. The Balaban J connectivity index is 1.29. The van der Waals surface area contributed by atoms with Crippen molar-refractivity contribution in [1.29, 1.82) is 10.5 Å². The highest BCUT2D eigenvalue weighted by Crippen LogP contribution is 2.41. The Hall–Kier alpha value is -6.68. The monoisotopic (exact) mass is 598 g/mol. The van der Waals surface area contributed by atoms with Crippen molar-refractivity contribution in [2.75, 3.05) is 0 Å². The SMILES string of the molecule is N#Cc1ccc(-c2cccc3oc4cc(-c5cc(-c6ccccc6)c(C#N)c(-c6ccc(-c7ccccc7)cc6)c5)ccc4c23)cc1. The first-order valence-corrected chi connectivity index (χ1v) is 15.5. The average Bonchev–Trinajstić information content (AvgIpc) is 3.53. The molecule has 47 heavy (non-hydrogen) atoms. The molecule has 0 N–H and O–H groups in total. The third-order valence-electron chi connectivity index (χ3n) is 8.79. The first kappa shape index (κ1) is 27.8. The molecule has 8 aromatic rings. The van der Waals surface area contributed by atoms with E-state index in [9.17, 15) is 10.5 Å². The van der Waals surface area contributed by atoms with Gasteiger partial charge in [-0.3, -0.25) is 0 Å². The van der Waals surface area contributed by atoms with E-state index in [4.69, 9.17) is 4.42 Å². The molecule has 0 atom stereocenters. The Morgan fingerprint density at radius 2 is 0.936 bits per heavy atom. The molecule has 1 heterocycles. The van der Waals surface area contributed by atoms with Gasteiger partial charge in [-0.05, 0) is 87.0 Å². The van der Waals surface area contributed by atoms with Crippen LogP contribution in [0.2, 0.25) is 0 Å². The van der Waals surface area contributed by atoms with Crippen molar-refractivity contribution < 1.29 is 4.42 Å². The van der Waals surface area contributed by atoms with E-state index >= 15 is 0 Å². The van der Waals surface area contributed by atoms with Crippen molar-refractivity contribution in [2.45, 2.75) is 0 Å². The first-order valence-electron chi connectivity index (χ1n) is 15.5. The largest absolute Gasteiger partial charge is 0.456 e. The van der Waals surface area contributed by atoms with Crippen molar-refractivity contribution in [3.63, 3.8) is 0 Å². The summed E-state index contributed by atoms with van der Waals surface area (Å²) in [6, 6.07) is 57.9. The first-order chi connectivity index (χ1) is 23.2. The van der Waals surface area contributed by atoms with Crippen LogP contribution in [0.3, 0.4) is 0 Å². The van der Waals surface area contributed by atoms with Crippen molar-refractivity contribution in [1.82, 2.24) is 0 Å². The fourth-order valence-corrected chi connectivity index (χ4v) is 6.45. The minimum absolute atomic E-state index is 0.631. The summed E-state index contributed by atoms with van der Waals surface area (Å²) >= 11 is 0. The summed E-state index contributed by atoms with van der Waals surface area (Å²) in [4.78, 5) is 0. The molecule has 0 unspecified atom stereocenters. The molecule has 7 aromatic carbocycles. The van der Waals surface area contributed by atoms with Gasteiger partial charge in [-0.1, -0.05) is 115 Å². The summed E-state index contributed by atoms with van der Waals surface area (Å²) in [5.74, 6) is 0. The molecule has 0 aliphatic rings. The molecule has 8 rings (SSSR count). The Morgan fingerprint density at radius 1 is 0.383 bits per heavy atom. The van der Waals surface area contributed by atoms with Gasteiger partial charge in [0.15, 0.2) is 0 Å². The van der Waals surface area contributed by atoms with Crippen LogP contribution in [0, 0.1) is 22.7 Å². The number of hydrogen-bond acceptors (Lipinski definition) is 3. The molecule has 218 valence electrons. The molecule has 0 aliphatic carbocycles. The van der Waals surface area contributed by atoms with Crippen LogP contribution in [-0.4, -0.2) is 0 Å². The second-order valence-corrected chi connectivity index (χ2v) is 11.5. The summed E-state index contributed by atoms with van der Waals surface area (Å²) in [6.07, 6.45) is 0. The second kappa shape index (κ2) is 11.7. The highest BCUT2D eigenvalue weighted by atomic mass is 16.3. The zero-order valence-electron chi connectivity index (χ0n) is 25.3. The number of rotatable bonds is 5. The molecular formula is C44H26N2O. The summed E-state index contributed by atoms with van der Waals surface area (Å²) in [5, 5.41) is 21.8. The molecule has 0 bridgehead atoms. The molecule has 3 heteroatoms. The number of nitrogens with zero attached hydrogens (tertiary/aromatic N) is 2. The second-order valence-electron chi connectivity index (χ2n) is 11.5. The number of hydrogen-bond donors (Lipinski definition) is 0. The molecule has 0 aliphatic heterocycles. The van der Waals surface area contributed by atoms with E-state index in [1.807, 2.05) is 72.8 Å². The van der Waals surface area contributed by atoms with Crippen LogP contribution in [-0.2, 0) is 0 Å². The van der Waals surface area contributed by atoms with Gasteiger partial charge >= 0.3 is 0 Å². The minimum Gasteiger partial charge on any atom is -0.456 e. The molecule has 1 aromatic heterocycles. The molecular weight excluding hydrogens is 572 g/mol. The third-order valence-corrected chi connectivity index (χ3v) is 8.79. The third kappa shape index (κ3) is 5.03. The van der Waals surface area contributed by atoms with E-state index in [0.717, 1.165) is 77.6 Å². The Morgan fingerprint density at radius 3 is 1.60 bits per heavy atom. The van der Waals surface area contributed by atoms with Crippen LogP contribution in [0.5, 0.6) is 0 Å². The maximum Gasteiger partial charge on any atom is 0.136 e. The van der Waals surface area contributed by atoms with Gasteiger partial charge in [0.05, 0.1) is 17.2 Å². The van der Waals surface area contributed by atoms with Crippen LogP contribution >= 0.6 is 0 Å². The van der Waals surface area contributed by atoms with Gasteiger partial charge in [0, 0.05) is 21.9 Å². The van der Waals surface area contributed by atoms with Crippen molar-refractivity contribution in [3.8, 4) is 67.8 Å². The van der Waals surface area contributed by atoms with Crippen molar-refractivity contribution in [2.24, 2.45) is 0 Å².